The summed E-state index contributed by atoms with van der Waals surface area (Å²) in [6.45, 7) is 3.27. The average molecular weight is 362 g/mol. The lowest BCUT2D eigenvalue weighted by molar-refractivity contribution is 0.110. The molecule has 0 aliphatic rings. The Morgan fingerprint density at radius 2 is 2.12 bits per heavy atom. The Morgan fingerprint density at radius 3 is 2.80 bits per heavy atom. The lowest BCUT2D eigenvalue weighted by atomic mass is 10.3. The van der Waals surface area contributed by atoms with Gasteiger partial charge in [0, 0.05) is 11.6 Å². The molecule has 2 N–H and O–H groups in total. The van der Waals surface area contributed by atoms with Gasteiger partial charge in [-0.1, -0.05) is 11.6 Å². The summed E-state index contributed by atoms with van der Waals surface area (Å²) in [6, 6.07) is 6.19. The third kappa shape index (κ3) is 5.91. The van der Waals surface area contributed by atoms with Gasteiger partial charge in [-0.25, -0.2) is 14.8 Å². The first kappa shape index (κ1) is 18.4. The van der Waals surface area contributed by atoms with E-state index < -0.39 is 6.03 Å². The predicted molar refractivity (Wildman–Crippen MR) is 92.8 cm³/mol. The third-order valence-corrected chi connectivity index (χ3v) is 3.12. The zero-order valence-electron chi connectivity index (χ0n) is 13.5. The number of nitrogens with one attached hydrogen (secondary N) is 2. The topological polar surface area (TPSA) is 109 Å². The van der Waals surface area contributed by atoms with Crippen LogP contribution < -0.4 is 15.4 Å². The lowest BCUT2D eigenvalue weighted by Crippen LogP contribution is -2.21. The van der Waals surface area contributed by atoms with Crippen LogP contribution in [-0.4, -0.2) is 35.8 Å². The van der Waals surface area contributed by atoms with Gasteiger partial charge in [0.15, 0.2) is 11.5 Å². The fourth-order valence-electron chi connectivity index (χ4n) is 1.80. The van der Waals surface area contributed by atoms with Gasteiger partial charge in [0.05, 0.1) is 24.7 Å². The van der Waals surface area contributed by atoms with E-state index in [-0.39, 0.29) is 11.5 Å². The minimum absolute atomic E-state index is 0.158. The molecule has 2 amide bonds. The van der Waals surface area contributed by atoms with Crippen molar-refractivity contribution in [1.82, 2.24) is 9.97 Å². The number of benzene rings is 1. The summed E-state index contributed by atoms with van der Waals surface area (Å²) in [7, 11) is 0. The standard InChI is InChI=1S/C16H16ClN5O3/c1-2-24-5-6-25-14-4-3-11(17)7-13(14)21-16(23)22-15-10-19-12(8-18)9-20-15/h3-4,7,9-10H,2,5-6H2,1H3,(H2,20,21,22,23). The van der Waals surface area contributed by atoms with Crippen LogP contribution in [0.4, 0.5) is 16.3 Å². The summed E-state index contributed by atoms with van der Waals surface area (Å²) in [5, 5.41) is 14.3. The van der Waals surface area contributed by atoms with Gasteiger partial charge in [0.2, 0.25) is 0 Å². The van der Waals surface area contributed by atoms with Crippen LogP contribution in [-0.2, 0) is 4.74 Å². The van der Waals surface area contributed by atoms with Crippen molar-refractivity contribution in [1.29, 1.82) is 5.26 Å². The first-order chi connectivity index (χ1) is 12.1. The Kier molecular flexibility index (Phi) is 6.95. The van der Waals surface area contributed by atoms with E-state index in [9.17, 15) is 4.79 Å². The first-order valence-electron chi connectivity index (χ1n) is 7.42. The van der Waals surface area contributed by atoms with Crippen LogP contribution in [0.15, 0.2) is 30.6 Å². The highest BCUT2D eigenvalue weighted by atomic mass is 35.5. The second-order valence-corrected chi connectivity index (χ2v) is 5.10. The van der Waals surface area contributed by atoms with Crippen LogP contribution in [0.1, 0.15) is 12.6 Å². The number of aromatic nitrogens is 2. The number of hydrogen-bond acceptors (Lipinski definition) is 6. The zero-order chi connectivity index (χ0) is 18.1. The number of ether oxygens (including phenoxy) is 2. The van der Waals surface area contributed by atoms with Crippen LogP contribution in [0.5, 0.6) is 5.75 Å². The molecule has 1 heterocycles. The fourth-order valence-corrected chi connectivity index (χ4v) is 1.97. The maximum atomic E-state index is 12.1. The first-order valence-corrected chi connectivity index (χ1v) is 7.80. The number of carbonyl (C=O) groups excluding carboxylic acids is 1. The van der Waals surface area contributed by atoms with Gasteiger partial charge < -0.3 is 14.8 Å². The molecule has 1 aromatic carbocycles. The van der Waals surface area contributed by atoms with Crippen molar-refractivity contribution >= 4 is 29.1 Å². The minimum Gasteiger partial charge on any atom is -0.489 e. The van der Waals surface area contributed by atoms with E-state index in [0.29, 0.717) is 36.3 Å². The van der Waals surface area contributed by atoms with Crippen molar-refractivity contribution in [3.8, 4) is 11.8 Å². The Morgan fingerprint density at radius 1 is 1.28 bits per heavy atom. The van der Waals surface area contributed by atoms with Gasteiger partial charge in [-0.2, -0.15) is 5.26 Å². The average Bonchev–Trinajstić information content (AvgIpc) is 2.61. The molecule has 0 aliphatic heterocycles. The molecular weight excluding hydrogens is 346 g/mol. The van der Waals surface area contributed by atoms with Gasteiger partial charge in [0.25, 0.3) is 0 Å². The largest absolute Gasteiger partial charge is 0.489 e. The number of nitriles is 1. The molecule has 0 radical (unpaired) electrons. The molecule has 2 rings (SSSR count). The second kappa shape index (κ2) is 9.42. The number of hydrogen-bond donors (Lipinski definition) is 2. The molecule has 0 fully saturated rings. The SMILES string of the molecule is CCOCCOc1ccc(Cl)cc1NC(=O)Nc1cnc(C#N)cn1. The molecule has 25 heavy (non-hydrogen) atoms. The summed E-state index contributed by atoms with van der Waals surface area (Å²) in [4.78, 5) is 19.8. The van der Waals surface area contributed by atoms with Gasteiger partial charge in [0.1, 0.15) is 18.4 Å². The number of amides is 2. The van der Waals surface area contributed by atoms with Crippen molar-refractivity contribution in [2.45, 2.75) is 6.92 Å². The highest BCUT2D eigenvalue weighted by Gasteiger charge is 2.10. The number of rotatable bonds is 7. The molecule has 0 saturated carbocycles. The Bertz CT molecular complexity index is 761. The number of carbonyl (C=O) groups is 1. The van der Waals surface area contributed by atoms with E-state index in [2.05, 4.69) is 20.6 Å². The second-order valence-electron chi connectivity index (χ2n) is 4.66. The Balaban J connectivity index is 2.00. The van der Waals surface area contributed by atoms with E-state index in [1.165, 1.54) is 12.4 Å². The van der Waals surface area contributed by atoms with Gasteiger partial charge in [-0.15, -0.1) is 0 Å². The highest BCUT2D eigenvalue weighted by Crippen LogP contribution is 2.28. The summed E-state index contributed by atoms with van der Waals surface area (Å²) in [6.07, 6.45) is 2.55. The number of nitrogens with zero attached hydrogens (tertiary/aromatic N) is 3. The lowest BCUT2D eigenvalue weighted by Gasteiger charge is -2.13. The Hall–Kier alpha value is -2.89. The van der Waals surface area contributed by atoms with E-state index in [0.717, 1.165) is 0 Å². The van der Waals surface area contributed by atoms with E-state index >= 15 is 0 Å². The van der Waals surface area contributed by atoms with Crippen molar-refractivity contribution < 1.29 is 14.3 Å². The molecule has 0 bridgehead atoms. The van der Waals surface area contributed by atoms with Crippen LogP contribution in [0, 0.1) is 11.3 Å². The summed E-state index contributed by atoms with van der Waals surface area (Å²) in [5.41, 5.74) is 0.564. The Labute approximate surface area is 149 Å². The van der Waals surface area contributed by atoms with Crippen molar-refractivity contribution in [3.05, 3.63) is 41.3 Å². The maximum absolute atomic E-state index is 12.1. The summed E-state index contributed by atoms with van der Waals surface area (Å²) < 4.78 is 10.8. The van der Waals surface area contributed by atoms with Gasteiger partial charge >= 0.3 is 6.03 Å². The fraction of sp³-hybridized carbons (Fsp3) is 0.250. The summed E-state index contributed by atoms with van der Waals surface area (Å²) in [5.74, 6) is 0.669. The van der Waals surface area contributed by atoms with Crippen molar-refractivity contribution in [2.24, 2.45) is 0 Å². The molecule has 130 valence electrons. The minimum atomic E-state index is -0.545. The predicted octanol–water partition coefficient (Wildman–Crippen LogP) is 3.06. The number of urea groups is 1. The van der Waals surface area contributed by atoms with Crippen LogP contribution in [0.3, 0.4) is 0 Å². The highest BCUT2D eigenvalue weighted by molar-refractivity contribution is 6.31. The third-order valence-electron chi connectivity index (χ3n) is 2.89. The molecule has 1 aromatic heterocycles. The van der Waals surface area contributed by atoms with E-state index in [4.69, 9.17) is 26.3 Å². The molecule has 8 nitrogen and oxygen atoms in total. The van der Waals surface area contributed by atoms with Gasteiger partial charge in [-0.05, 0) is 25.1 Å². The number of halogens is 1. The molecule has 0 atom stereocenters. The smallest absolute Gasteiger partial charge is 0.325 e. The molecule has 0 spiro atoms. The molecule has 0 saturated heterocycles. The molecule has 0 aliphatic carbocycles. The number of anilines is 2. The molecule has 2 aromatic rings. The summed E-state index contributed by atoms with van der Waals surface area (Å²) >= 11 is 5.97. The van der Waals surface area contributed by atoms with Gasteiger partial charge in [-0.3, -0.25) is 5.32 Å². The van der Waals surface area contributed by atoms with E-state index in [1.54, 1.807) is 18.2 Å². The molecule has 9 heteroatoms. The van der Waals surface area contributed by atoms with Crippen molar-refractivity contribution in [2.75, 3.05) is 30.5 Å². The van der Waals surface area contributed by atoms with Crippen LogP contribution >= 0.6 is 11.6 Å². The molecule has 0 unspecified atom stereocenters. The normalized spacial score (nSPS) is 9.96. The molecular formula is C16H16ClN5O3. The van der Waals surface area contributed by atoms with Crippen molar-refractivity contribution in [3.63, 3.8) is 0 Å². The van der Waals surface area contributed by atoms with Crippen LogP contribution in [0.25, 0.3) is 0 Å². The zero-order valence-corrected chi connectivity index (χ0v) is 14.2. The monoisotopic (exact) mass is 361 g/mol. The van der Waals surface area contributed by atoms with E-state index in [1.807, 2.05) is 13.0 Å². The quantitative estimate of drug-likeness (QED) is 0.733. The van der Waals surface area contributed by atoms with Crippen LogP contribution in [0.2, 0.25) is 5.02 Å². The maximum Gasteiger partial charge on any atom is 0.325 e.